The number of hydrogen-bond donors (Lipinski definition) is 1. The fraction of sp³-hybridized carbons (Fsp3) is 0.514. The Morgan fingerprint density at radius 2 is 1.52 bits per heavy atom. The fourth-order valence-electron chi connectivity index (χ4n) is 6.70. The molecule has 1 saturated heterocycles. The zero-order chi connectivity index (χ0) is 31.1. The fourth-order valence-corrected chi connectivity index (χ4v) is 6.70. The SMILES string of the molecule is C[C@@H]1Cc2cc(OCc3ccccc3)ccc2C(c2c(F)cc(N3CCCCCCNCCCC3)cc2F)N1CC(C)(C)F. The van der Waals surface area contributed by atoms with Gasteiger partial charge in [0, 0.05) is 36.9 Å². The number of ether oxygens (including phenoxy) is 1. The van der Waals surface area contributed by atoms with E-state index in [9.17, 15) is 0 Å². The van der Waals surface area contributed by atoms with E-state index in [0.717, 1.165) is 81.4 Å². The summed E-state index contributed by atoms with van der Waals surface area (Å²) in [5, 5.41) is 3.49. The molecule has 1 fully saturated rings. The van der Waals surface area contributed by atoms with Gasteiger partial charge in [-0.25, -0.2) is 13.2 Å². The number of alkyl halides is 1. The van der Waals surface area contributed by atoms with Crippen molar-refractivity contribution in [2.24, 2.45) is 0 Å². The molecule has 2 aliphatic heterocycles. The lowest BCUT2D eigenvalue weighted by atomic mass is 9.83. The van der Waals surface area contributed by atoms with E-state index in [2.05, 4.69) is 10.2 Å². The van der Waals surface area contributed by atoms with Gasteiger partial charge in [-0.1, -0.05) is 49.2 Å². The first-order valence-corrected chi connectivity index (χ1v) is 16.4. The molecule has 2 atom stereocenters. The van der Waals surface area contributed by atoms with Crippen molar-refractivity contribution in [3.8, 4) is 5.75 Å². The largest absolute Gasteiger partial charge is 0.489 e. The number of benzene rings is 3. The molecule has 0 aliphatic carbocycles. The molecule has 7 heteroatoms. The highest BCUT2D eigenvalue weighted by Crippen LogP contribution is 2.43. The first kappa shape index (κ1) is 32.4. The third-order valence-corrected chi connectivity index (χ3v) is 8.89. The van der Waals surface area contributed by atoms with Gasteiger partial charge in [-0.2, -0.15) is 0 Å². The van der Waals surface area contributed by atoms with Crippen LogP contribution in [0.25, 0.3) is 0 Å². The van der Waals surface area contributed by atoms with E-state index in [0.29, 0.717) is 24.5 Å². The summed E-state index contributed by atoms with van der Waals surface area (Å²) in [6, 6.07) is 17.8. The number of halogens is 3. The minimum Gasteiger partial charge on any atom is -0.489 e. The maximum absolute atomic E-state index is 16.3. The summed E-state index contributed by atoms with van der Waals surface area (Å²) in [4.78, 5) is 4.06. The van der Waals surface area contributed by atoms with Gasteiger partial charge in [-0.3, -0.25) is 4.90 Å². The van der Waals surface area contributed by atoms with Crippen molar-refractivity contribution in [3.05, 3.63) is 94.6 Å². The van der Waals surface area contributed by atoms with Crippen LogP contribution in [0.2, 0.25) is 0 Å². The maximum Gasteiger partial charge on any atom is 0.133 e. The van der Waals surface area contributed by atoms with E-state index in [-0.39, 0.29) is 18.2 Å². The normalized spacial score (nSPS) is 20.8. The second-order valence-electron chi connectivity index (χ2n) is 13.2. The maximum atomic E-state index is 16.3. The lowest BCUT2D eigenvalue weighted by Crippen LogP contribution is -2.48. The van der Waals surface area contributed by atoms with Crippen LogP contribution in [0.4, 0.5) is 18.9 Å². The van der Waals surface area contributed by atoms with Gasteiger partial charge in [0.1, 0.15) is 29.7 Å². The second-order valence-corrected chi connectivity index (χ2v) is 13.2. The Hall–Kier alpha value is -3.03. The quantitative estimate of drug-likeness (QED) is 0.292. The number of fused-ring (bicyclic) bond motifs is 1. The van der Waals surface area contributed by atoms with Crippen LogP contribution in [-0.2, 0) is 13.0 Å². The Balaban J connectivity index is 1.46. The minimum absolute atomic E-state index is 0.0118. The molecule has 0 aromatic heterocycles. The number of hydrogen-bond acceptors (Lipinski definition) is 4. The molecule has 44 heavy (non-hydrogen) atoms. The van der Waals surface area contributed by atoms with Gasteiger partial charge in [0.25, 0.3) is 0 Å². The molecule has 2 heterocycles. The van der Waals surface area contributed by atoms with E-state index >= 15 is 13.2 Å². The van der Waals surface area contributed by atoms with Crippen LogP contribution in [-0.4, -0.2) is 49.3 Å². The average Bonchev–Trinajstić information content (AvgIpc) is 2.97. The van der Waals surface area contributed by atoms with Gasteiger partial charge in [0.15, 0.2) is 0 Å². The van der Waals surface area contributed by atoms with Crippen LogP contribution in [0.15, 0.2) is 60.7 Å². The van der Waals surface area contributed by atoms with Crippen molar-refractivity contribution >= 4 is 5.69 Å². The molecule has 0 spiro atoms. The third-order valence-electron chi connectivity index (χ3n) is 8.89. The Kier molecular flexibility index (Phi) is 10.9. The molecule has 4 nitrogen and oxygen atoms in total. The zero-order valence-electron chi connectivity index (χ0n) is 26.6. The molecule has 0 bridgehead atoms. The molecule has 5 rings (SSSR count). The number of rotatable bonds is 7. The van der Waals surface area contributed by atoms with Crippen molar-refractivity contribution in [1.82, 2.24) is 10.2 Å². The molecule has 1 N–H and O–H groups in total. The predicted molar refractivity (Wildman–Crippen MR) is 173 cm³/mol. The van der Waals surface area contributed by atoms with Crippen LogP contribution < -0.4 is 15.0 Å². The van der Waals surface area contributed by atoms with Crippen LogP contribution in [0.5, 0.6) is 5.75 Å². The second kappa shape index (κ2) is 14.8. The minimum atomic E-state index is -1.54. The molecule has 1 unspecified atom stereocenters. The summed E-state index contributed by atoms with van der Waals surface area (Å²) in [6.07, 6.45) is 7.03. The first-order chi connectivity index (χ1) is 21.2. The Bertz CT molecular complexity index is 1320. The van der Waals surface area contributed by atoms with Gasteiger partial charge in [0.2, 0.25) is 0 Å². The number of anilines is 1. The Morgan fingerprint density at radius 1 is 0.864 bits per heavy atom. The number of nitrogens with one attached hydrogen (secondary N) is 1. The molecular formula is C37H48F3N3O. The molecule has 3 aromatic carbocycles. The van der Waals surface area contributed by atoms with E-state index in [4.69, 9.17) is 4.74 Å². The smallest absolute Gasteiger partial charge is 0.133 e. The predicted octanol–water partition coefficient (Wildman–Crippen LogP) is 8.38. The Morgan fingerprint density at radius 3 is 2.23 bits per heavy atom. The standard InChI is InChI=1S/C37H48F3N3O/c1-27-21-29-22-31(44-25-28-13-7-6-8-14-28)15-16-32(29)36(43(27)26-37(2,3)40)35-33(38)23-30(24-34(35)39)42-19-11-5-4-9-17-41-18-10-12-20-42/h6-8,13-16,22-24,27,36,41H,4-5,9-12,17-21,25-26H2,1-3H3/t27-,36?/m1/s1. The van der Waals surface area contributed by atoms with Crippen LogP contribution >= 0.6 is 0 Å². The van der Waals surface area contributed by atoms with Crippen molar-refractivity contribution in [1.29, 1.82) is 0 Å². The number of nitrogens with zero attached hydrogens (tertiary/aromatic N) is 2. The molecule has 0 amide bonds. The van der Waals surface area contributed by atoms with E-state index < -0.39 is 23.3 Å². The highest BCUT2D eigenvalue weighted by atomic mass is 19.1. The van der Waals surface area contributed by atoms with Gasteiger partial charge in [-0.15, -0.1) is 0 Å². The van der Waals surface area contributed by atoms with Gasteiger partial charge in [-0.05, 0) is 107 Å². The summed E-state index contributed by atoms with van der Waals surface area (Å²) < 4.78 is 53.8. The van der Waals surface area contributed by atoms with E-state index in [1.54, 1.807) is 0 Å². The van der Waals surface area contributed by atoms with Crippen molar-refractivity contribution < 1.29 is 17.9 Å². The lowest BCUT2D eigenvalue weighted by molar-refractivity contribution is 0.0652. The molecule has 0 saturated carbocycles. The van der Waals surface area contributed by atoms with E-state index in [1.165, 1.54) is 26.0 Å². The van der Waals surface area contributed by atoms with Crippen molar-refractivity contribution in [2.45, 2.75) is 90.1 Å². The van der Waals surface area contributed by atoms with E-state index in [1.807, 2.05) is 60.4 Å². The third kappa shape index (κ3) is 8.36. The molecule has 2 aliphatic rings. The lowest BCUT2D eigenvalue weighted by Gasteiger charge is -2.44. The summed E-state index contributed by atoms with van der Waals surface area (Å²) in [5.74, 6) is -0.451. The summed E-state index contributed by atoms with van der Waals surface area (Å²) in [6.45, 7) is 9.11. The Labute approximate surface area is 261 Å². The summed E-state index contributed by atoms with van der Waals surface area (Å²) in [5.41, 5.74) is 1.86. The molecule has 3 aromatic rings. The van der Waals surface area contributed by atoms with Gasteiger partial charge < -0.3 is 15.0 Å². The van der Waals surface area contributed by atoms with Crippen LogP contribution in [0.3, 0.4) is 0 Å². The average molecular weight is 608 g/mol. The zero-order valence-corrected chi connectivity index (χ0v) is 26.6. The molecule has 238 valence electrons. The molecular weight excluding hydrogens is 559 g/mol. The first-order valence-electron chi connectivity index (χ1n) is 16.4. The monoisotopic (exact) mass is 607 g/mol. The highest BCUT2D eigenvalue weighted by Gasteiger charge is 2.39. The topological polar surface area (TPSA) is 27.7 Å². The van der Waals surface area contributed by atoms with Crippen molar-refractivity contribution in [2.75, 3.05) is 37.6 Å². The van der Waals surface area contributed by atoms with Crippen LogP contribution in [0.1, 0.15) is 87.6 Å². The van der Waals surface area contributed by atoms with Gasteiger partial charge >= 0.3 is 0 Å². The van der Waals surface area contributed by atoms with Gasteiger partial charge in [0.05, 0.1) is 6.04 Å². The van der Waals surface area contributed by atoms with Crippen LogP contribution in [0, 0.1) is 11.6 Å². The highest BCUT2D eigenvalue weighted by molar-refractivity contribution is 5.52. The summed E-state index contributed by atoms with van der Waals surface area (Å²) in [7, 11) is 0. The molecule has 0 radical (unpaired) electrons. The summed E-state index contributed by atoms with van der Waals surface area (Å²) >= 11 is 0. The van der Waals surface area contributed by atoms with Crippen molar-refractivity contribution in [3.63, 3.8) is 0 Å².